The van der Waals surface area contributed by atoms with Gasteiger partial charge in [0.15, 0.2) is 0 Å². The third-order valence-corrected chi connectivity index (χ3v) is 5.15. The zero-order valence-corrected chi connectivity index (χ0v) is 15.4. The molecule has 2 fully saturated rings. The Labute approximate surface area is 157 Å². The average molecular weight is 386 g/mol. The summed E-state index contributed by atoms with van der Waals surface area (Å²) in [5.74, 6) is 0.0802. The zero-order chi connectivity index (χ0) is 19.5. The van der Waals surface area contributed by atoms with Crippen molar-refractivity contribution in [3.63, 3.8) is 0 Å². The van der Waals surface area contributed by atoms with E-state index in [-0.39, 0.29) is 11.3 Å². The molecule has 0 N–H and O–H groups in total. The van der Waals surface area contributed by atoms with E-state index in [0.29, 0.717) is 64.5 Å². The fourth-order valence-corrected chi connectivity index (χ4v) is 3.91. The van der Waals surface area contributed by atoms with Crippen LogP contribution in [0.4, 0.5) is 13.2 Å². The maximum Gasteiger partial charge on any atom is 0.416 e. The van der Waals surface area contributed by atoms with Gasteiger partial charge >= 0.3 is 6.18 Å². The fraction of sp³-hybridized carbons (Fsp3) is 0.632. The van der Waals surface area contributed by atoms with Crippen LogP contribution in [0.15, 0.2) is 24.3 Å². The lowest BCUT2D eigenvalue weighted by Crippen LogP contribution is -2.40. The number of carbonyl (C=O) groups is 1. The first-order valence-electron chi connectivity index (χ1n) is 9.04. The van der Waals surface area contributed by atoms with Crippen molar-refractivity contribution in [2.24, 2.45) is 5.41 Å². The van der Waals surface area contributed by atoms with Crippen LogP contribution in [0.5, 0.6) is 0 Å². The molecular weight excluding hydrogens is 361 g/mol. The molecule has 27 heavy (non-hydrogen) atoms. The summed E-state index contributed by atoms with van der Waals surface area (Å²) in [7, 11) is 1.60. The highest BCUT2D eigenvalue weighted by Gasteiger charge is 2.45. The van der Waals surface area contributed by atoms with Crippen LogP contribution in [-0.2, 0) is 27.0 Å². The summed E-state index contributed by atoms with van der Waals surface area (Å²) in [5.41, 5.74) is -0.340. The molecule has 0 aliphatic carbocycles. The Morgan fingerprint density at radius 2 is 2.11 bits per heavy atom. The predicted octanol–water partition coefficient (Wildman–Crippen LogP) is 2.40. The van der Waals surface area contributed by atoms with Crippen molar-refractivity contribution >= 4 is 5.91 Å². The summed E-state index contributed by atoms with van der Waals surface area (Å²) in [4.78, 5) is 16.2. The SMILES string of the molecule is COCCN1C[C@]2(COCCN(Cc3cccc(C(F)(F)F)c3)C2)CC1=O. The monoisotopic (exact) mass is 386 g/mol. The first-order valence-corrected chi connectivity index (χ1v) is 9.04. The molecular formula is C19H25F3N2O3. The highest BCUT2D eigenvalue weighted by atomic mass is 19.4. The van der Waals surface area contributed by atoms with Gasteiger partial charge in [-0.05, 0) is 11.6 Å². The number of hydrogen-bond acceptors (Lipinski definition) is 4. The molecule has 8 heteroatoms. The normalized spacial score (nSPS) is 24.6. The van der Waals surface area contributed by atoms with Gasteiger partial charge < -0.3 is 14.4 Å². The molecule has 2 aliphatic heterocycles. The smallest absolute Gasteiger partial charge is 0.383 e. The van der Waals surface area contributed by atoms with Gasteiger partial charge in [0.2, 0.25) is 5.91 Å². The Balaban J connectivity index is 1.70. The van der Waals surface area contributed by atoms with Crippen LogP contribution in [0.3, 0.4) is 0 Å². The first-order chi connectivity index (χ1) is 12.8. The van der Waals surface area contributed by atoms with E-state index in [9.17, 15) is 18.0 Å². The van der Waals surface area contributed by atoms with Crippen LogP contribution in [0.25, 0.3) is 0 Å². The summed E-state index contributed by atoms with van der Waals surface area (Å²) in [6.07, 6.45) is -3.95. The Kier molecular flexibility index (Phi) is 6.08. The third kappa shape index (κ3) is 5.00. The van der Waals surface area contributed by atoms with Crippen LogP contribution in [0.2, 0.25) is 0 Å². The van der Waals surface area contributed by atoms with E-state index < -0.39 is 11.7 Å². The second-order valence-electron chi connectivity index (χ2n) is 7.45. The van der Waals surface area contributed by atoms with Crippen molar-refractivity contribution in [3.8, 4) is 0 Å². The van der Waals surface area contributed by atoms with Gasteiger partial charge in [-0.3, -0.25) is 9.69 Å². The lowest BCUT2D eigenvalue weighted by molar-refractivity contribution is -0.137. The largest absolute Gasteiger partial charge is 0.416 e. The molecule has 3 rings (SSSR count). The number of hydrogen-bond donors (Lipinski definition) is 0. The van der Waals surface area contributed by atoms with Gasteiger partial charge in [0.1, 0.15) is 0 Å². The van der Waals surface area contributed by atoms with E-state index >= 15 is 0 Å². The average Bonchev–Trinajstić information content (AvgIpc) is 2.78. The highest BCUT2D eigenvalue weighted by molar-refractivity contribution is 5.79. The maximum absolute atomic E-state index is 13.0. The molecule has 0 bridgehead atoms. The minimum Gasteiger partial charge on any atom is -0.383 e. The van der Waals surface area contributed by atoms with E-state index in [1.165, 1.54) is 12.1 Å². The van der Waals surface area contributed by atoms with Gasteiger partial charge in [0.25, 0.3) is 0 Å². The Morgan fingerprint density at radius 1 is 1.30 bits per heavy atom. The quantitative estimate of drug-likeness (QED) is 0.780. The van der Waals surface area contributed by atoms with Crippen molar-refractivity contribution in [2.75, 3.05) is 53.1 Å². The number of amides is 1. The van der Waals surface area contributed by atoms with E-state index in [1.54, 1.807) is 18.1 Å². The molecule has 2 aliphatic rings. The van der Waals surface area contributed by atoms with E-state index in [0.717, 1.165) is 6.07 Å². The molecule has 1 aromatic carbocycles. The number of alkyl halides is 3. The van der Waals surface area contributed by atoms with E-state index in [1.807, 2.05) is 0 Å². The molecule has 1 aromatic rings. The van der Waals surface area contributed by atoms with Crippen molar-refractivity contribution in [1.82, 2.24) is 9.80 Å². The number of methoxy groups -OCH3 is 1. The number of halogens is 3. The minimum atomic E-state index is -4.35. The second-order valence-corrected chi connectivity index (χ2v) is 7.45. The molecule has 0 radical (unpaired) electrons. The van der Waals surface area contributed by atoms with Crippen LogP contribution in [0.1, 0.15) is 17.5 Å². The molecule has 2 heterocycles. The van der Waals surface area contributed by atoms with Crippen LogP contribution >= 0.6 is 0 Å². The molecule has 2 saturated heterocycles. The van der Waals surface area contributed by atoms with Gasteiger partial charge in [0.05, 0.1) is 25.4 Å². The minimum absolute atomic E-state index is 0.0802. The Morgan fingerprint density at radius 3 is 2.85 bits per heavy atom. The van der Waals surface area contributed by atoms with Crippen molar-refractivity contribution < 1.29 is 27.4 Å². The van der Waals surface area contributed by atoms with E-state index in [2.05, 4.69) is 4.90 Å². The first kappa shape index (κ1) is 20.1. The third-order valence-electron chi connectivity index (χ3n) is 5.15. The van der Waals surface area contributed by atoms with E-state index in [4.69, 9.17) is 9.47 Å². The van der Waals surface area contributed by atoms with Crippen LogP contribution in [-0.4, -0.2) is 68.8 Å². The molecule has 1 atom stereocenters. The van der Waals surface area contributed by atoms with Crippen molar-refractivity contribution in [3.05, 3.63) is 35.4 Å². The van der Waals surface area contributed by atoms with Crippen molar-refractivity contribution in [1.29, 1.82) is 0 Å². The van der Waals surface area contributed by atoms with Crippen LogP contribution < -0.4 is 0 Å². The molecule has 0 unspecified atom stereocenters. The zero-order valence-electron chi connectivity index (χ0n) is 15.4. The van der Waals surface area contributed by atoms with Gasteiger partial charge in [-0.15, -0.1) is 0 Å². The summed E-state index contributed by atoms with van der Waals surface area (Å²) < 4.78 is 49.7. The summed E-state index contributed by atoms with van der Waals surface area (Å²) in [6.45, 7) is 4.27. The number of nitrogens with zero attached hydrogens (tertiary/aromatic N) is 2. The molecule has 5 nitrogen and oxygen atoms in total. The van der Waals surface area contributed by atoms with Gasteiger partial charge in [-0.2, -0.15) is 13.2 Å². The summed E-state index contributed by atoms with van der Waals surface area (Å²) >= 11 is 0. The summed E-state index contributed by atoms with van der Waals surface area (Å²) in [5, 5.41) is 0. The lowest BCUT2D eigenvalue weighted by atomic mass is 9.87. The second kappa shape index (κ2) is 8.16. The lowest BCUT2D eigenvalue weighted by Gasteiger charge is -2.31. The maximum atomic E-state index is 13.0. The molecule has 0 aromatic heterocycles. The predicted molar refractivity (Wildman–Crippen MR) is 93.0 cm³/mol. The van der Waals surface area contributed by atoms with Gasteiger partial charge in [0, 0.05) is 51.7 Å². The molecule has 1 spiro atoms. The molecule has 0 saturated carbocycles. The number of ether oxygens (including phenoxy) is 2. The number of rotatable bonds is 5. The number of likely N-dealkylation sites (tertiary alicyclic amines) is 1. The summed E-state index contributed by atoms with van der Waals surface area (Å²) in [6, 6.07) is 5.43. The number of benzene rings is 1. The Hall–Kier alpha value is -1.64. The Bertz CT molecular complexity index is 668. The highest BCUT2D eigenvalue weighted by Crippen LogP contribution is 2.35. The van der Waals surface area contributed by atoms with Crippen molar-refractivity contribution in [2.45, 2.75) is 19.1 Å². The molecule has 1 amide bonds. The molecule has 150 valence electrons. The number of carbonyl (C=O) groups excluding carboxylic acids is 1. The van der Waals surface area contributed by atoms with Gasteiger partial charge in [-0.25, -0.2) is 0 Å². The van der Waals surface area contributed by atoms with Gasteiger partial charge in [-0.1, -0.05) is 18.2 Å². The van der Waals surface area contributed by atoms with Crippen LogP contribution in [0, 0.1) is 5.41 Å². The standard InChI is InChI=1S/C19H25F3N2O3/c1-26-7-6-24-13-18(10-17(24)25)12-23(5-8-27-14-18)11-15-3-2-4-16(9-15)19(20,21)22/h2-4,9H,5-8,10-14H2,1H3/t18-/m0/s1. The topological polar surface area (TPSA) is 42.0 Å². The fourth-order valence-electron chi connectivity index (χ4n) is 3.91.